The van der Waals surface area contributed by atoms with Gasteiger partial charge in [-0.2, -0.15) is 0 Å². The molecule has 0 aromatic heterocycles. The van der Waals surface area contributed by atoms with Gasteiger partial charge in [-0.25, -0.2) is 0 Å². The van der Waals surface area contributed by atoms with E-state index in [-0.39, 0.29) is 0 Å². The largest absolute Gasteiger partial charge is 0.0616 e. The lowest BCUT2D eigenvalue weighted by Crippen LogP contribution is -1.88. The molecule has 0 saturated carbocycles. The van der Waals surface area contributed by atoms with E-state index in [1.54, 1.807) is 0 Å². The molecular weight excluding hydrogens is 348 g/mol. The van der Waals surface area contributed by atoms with Crippen LogP contribution in [0.3, 0.4) is 0 Å². The molecule has 140 valence electrons. The quantitative estimate of drug-likeness (QED) is 0.279. The highest BCUT2D eigenvalue weighted by Crippen LogP contribution is 2.37. The van der Waals surface area contributed by atoms with Crippen molar-refractivity contribution in [2.24, 2.45) is 0 Å². The van der Waals surface area contributed by atoms with Crippen LogP contribution in [-0.4, -0.2) is 0 Å². The van der Waals surface area contributed by atoms with E-state index in [4.69, 9.17) is 0 Å². The first kappa shape index (κ1) is 17.7. The molecular formula is C29H24. The van der Waals surface area contributed by atoms with Gasteiger partial charge in [0, 0.05) is 0 Å². The Morgan fingerprint density at radius 1 is 0.483 bits per heavy atom. The lowest BCUT2D eigenvalue weighted by molar-refractivity contribution is 0.867. The van der Waals surface area contributed by atoms with Crippen LogP contribution in [-0.2, 0) is 0 Å². The highest BCUT2D eigenvalue weighted by atomic mass is 14.1. The summed E-state index contributed by atoms with van der Waals surface area (Å²) < 4.78 is 0. The molecule has 0 aliphatic rings. The molecule has 29 heavy (non-hydrogen) atoms. The predicted octanol–water partition coefficient (Wildman–Crippen LogP) is 8.45. The second-order valence-corrected chi connectivity index (χ2v) is 8.05. The Morgan fingerprint density at radius 2 is 0.931 bits per heavy atom. The Kier molecular flexibility index (Phi) is 4.41. The summed E-state index contributed by atoms with van der Waals surface area (Å²) in [5.41, 5.74) is 6.49. The first-order chi connectivity index (χ1) is 14.2. The lowest BCUT2D eigenvalue weighted by Gasteiger charge is -2.13. The molecule has 0 atom stereocenters. The van der Waals surface area contributed by atoms with E-state index in [0.29, 0.717) is 5.92 Å². The molecule has 0 bridgehead atoms. The Labute approximate surface area is 172 Å². The standard InChI is InChI=1S/C29H24/c1-20(2)21-11-13-22(14-12-21)23-15-17-24(18-16-23)29-27-9-5-3-7-25(27)19-26-8-4-6-10-28(26)29/h3-20H,1-2H3. The summed E-state index contributed by atoms with van der Waals surface area (Å²) in [7, 11) is 0. The van der Waals surface area contributed by atoms with Crippen molar-refractivity contribution in [1.82, 2.24) is 0 Å². The van der Waals surface area contributed by atoms with Crippen LogP contribution in [0.5, 0.6) is 0 Å². The van der Waals surface area contributed by atoms with Gasteiger partial charge >= 0.3 is 0 Å². The first-order valence-corrected chi connectivity index (χ1v) is 10.3. The number of benzene rings is 5. The average molecular weight is 373 g/mol. The van der Waals surface area contributed by atoms with Crippen molar-refractivity contribution in [3.63, 3.8) is 0 Å². The van der Waals surface area contributed by atoms with E-state index in [0.717, 1.165) is 0 Å². The van der Waals surface area contributed by atoms with Crippen molar-refractivity contribution in [1.29, 1.82) is 0 Å². The Bertz CT molecular complexity index is 1240. The van der Waals surface area contributed by atoms with Gasteiger partial charge < -0.3 is 0 Å². The molecule has 0 heterocycles. The molecule has 0 aliphatic carbocycles. The van der Waals surface area contributed by atoms with Crippen molar-refractivity contribution in [2.45, 2.75) is 19.8 Å². The van der Waals surface area contributed by atoms with E-state index >= 15 is 0 Å². The summed E-state index contributed by atoms with van der Waals surface area (Å²) in [5.74, 6) is 0.561. The fourth-order valence-corrected chi connectivity index (χ4v) is 4.21. The molecule has 0 fully saturated rings. The predicted molar refractivity (Wildman–Crippen MR) is 126 cm³/mol. The third kappa shape index (κ3) is 3.21. The van der Waals surface area contributed by atoms with Crippen LogP contribution in [0.15, 0.2) is 103 Å². The summed E-state index contributed by atoms with van der Waals surface area (Å²) in [6.45, 7) is 4.47. The molecule has 5 aromatic carbocycles. The molecule has 0 amide bonds. The minimum atomic E-state index is 0.561. The van der Waals surface area contributed by atoms with Crippen LogP contribution in [0, 0.1) is 0 Å². The maximum atomic E-state index is 2.29. The fraction of sp³-hybridized carbons (Fsp3) is 0.103. The van der Waals surface area contributed by atoms with Crippen LogP contribution >= 0.6 is 0 Å². The maximum Gasteiger partial charge on any atom is -0.00268 e. The number of rotatable bonds is 3. The maximum absolute atomic E-state index is 2.29. The highest BCUT2D eigenvalue weighted by Gasteiger charge is 2.10. The van der Waals surface area contributed by atoms with Crippen LogP contribution < -0.4 is 0 Å². The van der Waals surface area contributed by atoms with Crippen LogP contribution in [0.2, 0.25) is 0 Å². The van der Waals surface area contributed by atoms with Crippen molar-refractivity contribution in [2.75, 3.05) is 0 Å². The molecule has 0 unspecified atom stereocenters. The molecule has 0 saturated heterocycles. The van der Waals surface area contributed by atoms with E-state index in [9.17, 15) is 0 Å². The van der Waals surface area contributed by atoms with E-state index < -0.39 is 0 Å². The van der Waals surface area contributed by atoms with Gasteiger partial charge in [0.05, 0.1) is 0 Å². The smallest absolute Gasteiger partial charge is 0.00268 e. The zero-order chi connectivity index (χ0) is 19.8. The Morgan fingerprint density at radius 3 is 1.45 bits per heavy atom. The molecule has 0 spiro atoms. The van der Waals surface area contributed by atoms with Gasteiger partial charge in [-0.05, 0) is 61.3 Å². The molecule has 0 radical (unpaired) electrons. The summed E-state index contributed by atoms with van der Waals surface area (Å²) in [6, 6.07) is 37.6. The van der Waals surface area contributed by atoms with Crippen molar-refractivity contribution >= 4 is 21.5 Å². The molecule has 5 rings (SSSR count). The second-order valence-electron chi connectivity index (χ2n) is 8.05. The molecule has 5 aromatic rings. The average Bonchev–Trinajstić information content (AvgIpc) is 2.77. The minimum Gasteiger partial charge on any atom is -0.0616 e. The van der Waals surface area contributed by atoms with Crippen molar-refractivity contribution in [3.8, 4) is 22.3 Å². The summed E-state index contributed by atoms with van der Waals surface area (Å²) >= 11 is 0. The summed E-state index contributed by atoms with van der Waals surface area (Å²) in [4.78, 5) is 0. The van der Waals surface area contributed by atoms with Gasteiger partial charge in [-0.15, -0.1) is 0 Å². The van der Waals surface area contributed by atoms with Crippen molar-refractivity contribution in [3.05, 3.63) is 109 Å². The highest BCUT2D eigenvalue weighted by molar-refractivity contribution is 6.12. The topological polar surface area (TPSA) is 0 Å². The Balaban J connectivity index is 1.63. The summed E-state index contributed by atoms with van der Waals surface area (Å²) in [6.07, 6.45) is 0. The van der Waals surface area contributed by atoms with Crippen LogP contribution in [0.25, 0.3) is 43.8 Å². The molecule has 0 aliphatic heterocycles. The normalized spacial score (nSPS) is 11.4. The van der Waals surface area contributed by atoms with Gasteiger partial charge in [0.1, 0.15) is 0 Å². The van der Waals surface area contributed by atoms with Crippen molar-refractivity contribution < 1.29 is 0 Å². The van der Waals surface area contributed by atoms with Gasteiger partial charge in [-0.3, -0.25) is 0 Å². The number of hydrogen-bond donors (Lipinski definition) is 0. The Hall–Kier alpha value is -3.38. The SMILES string of the molecule is CC(C)c1ccc(-c2ccc(-c3c4ccccc4cc4ccccc34)cc2)cc1. The third-order valence-electron chi connectivity index (χ3n) is 5.86. The zero-order valence-electron chi connectivity index (χ0n) is 16.9. The fourth-order valence-electron chi connectivity index (χ4n) is 4.21. The van der Waals surface area contributed by atoms with Crippen LogP contribution in [0.4, 0.5) is 0 Å². The zero-order valence-corrected chi connectivity index (χ0v) is 16.9. The third-order valence-corrected chi connectivity index (χ3v) is 5.86. The first-order valence-electron chi connectivity index (χ1n) is 10.3. The van der Waals surface area contributed by atoms with Gasteiger partial charge in [0.25, 0.3) is 0 Å². The van der Waals surface area contributed by atoms with Crippen LogP contribution in [0.1, 0.15) is 25.3 Å². The minimum absolute atomic E-state index is 0.561. The van der Waals surface area contributed by atoms with Gasteiger partial charge in [0.2, 0.25) is 0 Å². The van der Waals surface area contributed by atoms with E-state index in [2.05, 4.69) is 117 Å². The van der Waals surface area contributed by atoms with Gasteiger partial charge in [-0.1, -0.05) is 111 Å². The lowest BCUT2D eigenvalue weighted by atomic mass is 9.91. The number of fused-ring (bicyclic) bond motifs is 2. The number of hydrogen-bond acceptors (Lipinski definition) is 0. The van der Waals surface area contributed by atoms with E-state index in [1.807, 2.05) is 0 Å². The monoisotopic (exact) mass is 372 g/mol. The van der Waals surface area contributed by atoms with E-state index in [1.165, 1.54) is 49.4 Å². The molecule has 0 nitrogen and oxygen atoms in total. The summed E-state index contributed by atoms with van der Waals surface area (Å²) in [5, 5.41) is 5.18. The van der Waals surface area contributed by atoms with Gasteiger partial charge in [0.15, 0.2) is 0 Å². The molecule has 0 N–H and O–H groups in total. The molecule has 0 heteroatoms. The second kappa shape index (κ2) is 7.22.